The molecular formula is C33H44F4O. The van der Waals surface area contributed by atoms with Gasteiger partial charge in [0.25, 0.3) is 0 Å². The summed E-state index contributed by atoms with van der Waals surface area (Å²) < 4.78 is 55.1. The lowest BCUT2D eigenvalue weighted by atomic mass is 9.70. The maximum Gasteiger partial charge on any atom is 0.573 e. The second kappa shape index (κ2) is 13.3. The van der Waals surface area contributed by atoms with Gasteiger partial charge in [-0.15, -0.1) is 13.2 Å². The molecule has 2 aliphatic rings. The Morgan fingerprint density at radius 1 is 0.816 bits per heavy atom. The highest BCUT2D eigenvalue weighted by molar-refractivity contribution is 5.64. The van der Waals surface area contributed by atoms with Crippen LogP contribution in [0.4, 0.5) is 17.6 Å². The van der Waals surface area contributed by atoms with E-state index < -0.39 is 17.9 Å². The van der Waals surface area contributed by atoms with Gasteiger partial charge in [-0.3, -0.25) is 0 Å². The van der Waals surface area contributed by atoms with E-state index in [2.05, 4.69) is 30.7 Å². The molecule has 1 unspecified atom stereocenters. The van der Waals surface area contributed by atoms with Crippen LogP contribution in [-0.2, 0) is 0 Å². The van der Waals surface area contributed by atoms with Crippen LogP contribution < -0.4 is 4.74 Å². The van der Waals surface area contributed by atoms with Crippen LogP contribution in [0.15, 0.2) is 42.5 Å². The van der Waals surface area contributed by atoms with Gasteiger partial charge < -0.3 is 4.74 Å². The van der Waals surface area contributed by atoms with Crippen molar-refractivity contribution >= 4 is 0 Å². The Hall–Kier alpha value is -2.04. The molecule has 5 heteroatoms. The molecule has 0 radical (unpaired) electrons. The first-order chi connectivity index (χ1) is 18.2. The van der Waals surface area contributed by atoms with Gasteiger partial charge in [0.1, 0.15) is 0 Å². The van der Waals surface area contributed by atoms with Crippen LogP contribution in [0.5, 0.6) is 5.75 Å². The fourth-order valence-corrected chi connectivity index (χ4v) is 7.01. The van der Waals surface area contributed by atoms with Crippen molar-refractivity contribution in [3.05, 3.63) is 53.8 Å². The molecule has 0 N–H and O–H groups in total. The molecule has 2 aromatic carbocycles. The molecule has 38 heavy (non-hydrogen) atoms. The number of alkyl halides is 3. The first-order valence-corrected chi connectivity index (χ1v) is 14.9. The molecule has 1 atom stereocenters. The highest BCUT2D eigenvalue weighted by atomic mass is 19.4. The fraction of sp³-hybridized carbons (Fsp3) is 0.636. The molecule has 0 aliphatic heterocycles. The van der Waals surface area contributed by atoms with Crippen molar-refractivity contribution in [2.75, 3.05) is 0 Å². The topological polar surface area (TPSA) is 9.23 Å². The normalized spacial score (nSPS) is 25.2. The molecule has 1 nitrogen and oxygen atoms in total. The quantitative estimate of drug-likeness (QED) is 0.218. The molecule has 4 rings (SSSR count). The van der Waals surface area contributed by atoms with E-state index in [4.69, 9.17) is 0 Å². The van der Waals surface area contributed by atoms with Crippen LogP contribution in [0, 0.1) is 29.5 Å². The van der Waals surface area contributed by atoms with Crippen LogP contribution >= 0.6 is 0 Å². The first kappa shape index (κ1) is 29.0. The minimum absolute atomic E-state index is 0.538. The van der Waals surface area contributed by atoms with E-state index in [1.54, 1.807) is 0 Å². The predicted molar refractivity (Wildman–Crippen MR) is 147 cm³/mol. The monoisotopic (exact) mass is 532 g/mol. The summed E-state index contributed by atoms with van der Waals surface area (Å²) in [5.74, 6) is 2.29. The fourth-order valence-electron chi connectivity index (χ4n) is 7.01. The molecular weight excluding hydrogens is 488 g/mol. The minimum atomic E-state index is -4.91. The molecule has 2 aromatic rings. The smallest absolute Gasteiger partial charge is 0.403 e. The van der Waals surface area contributed by atoms with Gasteiger partial charge in [-0.2, -0.15) is 0 Å². The molecule has 2 aliphatic carbocycles. The van der Waals surface area contributed by atoms with Crippen molar-refractivity contribution in [1.29, 1.82) is 0 Å². The number of ether oxygens (including phenoxy) is 1. The van der Waals surface area contributed by atoms with Gasteiger partial charge in [0, 0.05) is 0 Å². The summed E-state index contributed by atoms with van der Waals surface area (Å²) in [5, 5.41) is 0. The first-order valence-electron chi connectivity index (χ1n) is 14.9. The number of hydrogen-bond acceptors (Lipinski definition) is 1. The van der Waals surface area contributed by atoms with E-state index in [0.29, 0.717) is 11.5 Å². The number of rotatable bonds is 10. The molecule has 0 aromatic heterocycles. The third-order valence-corrected chi connectivity index (χ3v) is 9.34. The lowest BCUT2D eigenvalue weighted by Crippen LogP contribution is -2.23. The summed E-state index contributed by atoms with van der Waals surface area (Å²) in [5.41, 5.74) is 2.63. The van der Waals surface area contributed by atoms with E-state index in [0.717, 1.165) is 41.4 Å². The van der Waals surface area contributed by atoms with Gasteiger partial charge in [-0.1, -0.05) is 82.7 Å². The van der Waals surface area contributed by atoms with Gasteiger partial charge in [0.05, 0.1) is 0 Å². The Labute approximate surface area is 226 Å². The Morgan fingerprint density at radius 2 is 1.45 bits per heavy atom. The van der Waals surface area contributed by atoms with Crippen molar-refractivity contribution < 1.29 is 22.3 Å². The predicted octanol–water partition coefficient (Wildman–Crippen LogP) is 11.1. The highest BCUT2D eigenvalue weighted by Gasteiger charge is 2.32. The standard InChI is InChI=1S/C33H44F4O/c1-3-4-5-6-24-7-11-26(12-8-24)23(2)21-25-9-13-27(14-10-25)28-15-17-29(18-16-28)30-19-20-32(31(34)22-30)38-33(35,36)37/h15-20,22-27H,3-14,21H2,1-2H3. The zero-order valence-corrected chi connectivity index (χ0v) is 23.0. The number of unbranched alkanes of at least 4 members (excludes halogenated alkanes) is 2. The van der Waals surface area contributed by atoms with Crippen LogP contribution in [0.3, 0.4) is 0 Å². The Bertz CT molecular complexity index is 983. The SMILES string of the molecule is CCCCCC1CCC(C(C)CC2CCC(c3ccc(-c4ccc(OC(F)(F)F)c(F)c4)cc3)CC2)CC1. The van der Waals surface area contributed by atoms with Crippen molar-refractivity contribution in [1.82, 2.24) is 0 Å². The van der Waals surface area contributed by atoms with Crippen molar-refractivity contribution in [3.63, 3.8) is 0 Å². The van der Waals surface area contributed by atoms with E-state index in [-0.39, 0.29) is 0 Å². The lowest BCUT2D eigenvalue weighted by Gasteiger charge is -2.36. The van der Waals surface area contributed by atoms with Crippen molar-refractivity contribution in [2.24, 2.45) is 23.7 Å². The molecule has 2 saturated carbocycles. The summed E-state index contributed by atoms with van der Waals surface area (Å²) in [6.45, 7) is 4.79. The van der Waals surface area contributed by atoms with Gasteiger partial charge in [0.15, 0.2) is 11.6 Å². The number of halogens is 4. The minimum Gasteiger partial charge on any atom is -0.403 e. The largest absolute Gasteiger partial charge is 0.573 e. The zero-order valence-electron chi connectivity index (χ0n) is 23.0. The van der Waals surface area contributed by atoms with E-state index in [1.165, 1.54) is 95.1 Å². The summed E-state index contributed by atoms with van der Waals surface area (Å²) in [6, 6.07) is 11.7. The summed E-state index contributed by atoms with van der Waals surface area (Å²) in [7, 11) is 0. The third-order valence-electron chi connectivity index (χ3n) is 9.34. The molecule has 0 heterocycles. The second-order valence-electron chi connectivity index (χ2n) is 12.0. The maximum absolute atomic E-state index is 14.1. The van der Waals surface area contributed by atoms with Gasteiger partial charge >= 0.3 is 6.36 Å². The van der Waals surface area contributed by atoms with Crippen molar-refractivity contribution in [2.45, 2.75) is 110 Å². The Kier molecular flexibility index (Phi) is 10.2. The Morgan fingerprint density at radius 3 is 2.05 bits per heavy atom. The molecule has 2 fully saturated rings. The summed E-state index contributed by atoms with van der Waals surface area (Å²) >= 11 is 0. The number of benzene rings is 2. The maximum atomic E-state index is 14.1. The molecule has 0 amide bonds. The zero-order chi connectivity index (χ0) is 27.1. The molecule has 0 saturated heterocycles. The van der Waals surface area contributed by atoms with Crippen molar-refractivity contribution in [3.8, 4) is 16.9 Å². The average Bonchev–Trinajstić information content (AvgIpc) is 2.90. The molecule has 0 spiro atoms. The van der Waals surface area contributed by atoms with E-state index in [9.17, 15) is 17.6 Å². The van der Waals surface area contributed by atoms with Gasteiger partial charge in [-0.05, 0) is 103 Å². The van der Waals surface area contributed by atoms with E-state index in [1.807, 2.05) is 12.1 Å². The third kappa shape index (κ3) is 8.23. The van der Waals surface area contributed by atoms with Gasteiger partial charge in [0.2, 0.25) is 0 Å². The summed E-state index contributed by atoms with van der Waals surface area (Å²) in [6.07, 6.45) is 12.8. The molecule has 210 valence electrons. The average molecular weight is 533 g/mol. The van der Waals surface area contributed by atoms with Crippen LogP contribution in [-0.4, -0.2) is 6.36 Å². The molecule has 0 bridgehead atoms. The van der Waals surface area contributed by atoms with Gasteiger partial charge in [-0.25, -0.2) is 4.39 Å². The Balaban J connectivity index is 1.22. The lowest BCUT2D eigenvalue weighted by molar-refractivity contribution is -0.275. The highest BCUT2D eigenvalue weighted by Crippen LogP contribution is 2.43. The van der Waals surface area contributed by atoms with Crippen LogP contribution in [0.1, 0.15) is 109 Å². The summed E-state index contributed by atoms with van der Waals surface area (Å²) in [4.78, 5) is 0. The van der Waals surface area contributed by atoms with Crippen LogP contribution in [0.25, 0.3) is 11.1 Å². The van der Waals surface area contributed by atoms with E-state index >= 15 is 0 Å². The second-order valence-corrected chi connectivity index (χ2v) is 12.0. The number of hydrogen-bond donors (Lipinski definition) is 0. The van der Waals surface area contributed by atoms with Crippen LogP contribution in [0.2, 0.25) is 0 Å².